The number of hydrogen-bond donors (Lipinski definition) is 0. The van der Waals surface area contributed by atoms with Crippen molar-refractivity contribution in [1.82, 2.24) is 19.0 Å². The van der Waals surface area contributed by atoms with Crippen LogP contribution in [0, 0.1) is 5.82 Å². The topological polar surface area (TPSA) is 115 Å². The number of aromatic nitrogens is 3. The third-order valence-corrected chi connectivity index (χ3v) is 7.72. The number of benzene rings is 2. The van der Waals surface area contributed by atoms with E-state index in [4.69, 9.17) is 8.94 Å². The van der Waals surface area contributed by atoms with Crippen LogP contribution in [-0.2, 0) is 23.0 Å². The van der Waals surface area contributed by atoms with E-state index in [1.165, 1.54) is 33.1 Å². The van der Waals surface area contributed by atoms with Crippen LogP contribution in [0.2, 0.25) is 0 Å². The number of nitrogens with zero attached hydrogens (tertiary/aromatic N) is 5. The zero-order chi connectivity index (χ0) is 23.9. The third-order valence-electron chi connectivity index (χ3n) is 5.82. The molecule has 1 saturated heterocycles. The summed E-state index contributed by atoms with van der Waals surface area (Å²) >= 11 is 0. The molecule has 0 bridgehead atoms. The molecule has 178 valence electrons. The lowest BCUT2D eigenvalue weighted by Crippen LogP contribution is -2.48. The summed E-state index contributed by atoms with van der Waals surface area (Å²) in [4.78, 5) is 18.4. The Morgan fingerprint density at radius 2 is 1.85 bits per heavy atom. The Morgan fingerprint density at radius 3 is 2.56 bits per heavy atom. The highest BCUT2D eigenvalue weighted by Gasteiger charge is 2.30. The van der Waals surface area contributed by atoms with Gasteiger partial charge in [0.1, 0.15) is 5.82 Å². The van der Waals surface area contributed by atoms with E-state index in [0.717, 1.165) is 0 Å². The molecule has 0 radical (unpaired) electrons. The summed E-state index contributed by atoms with van der Waals surface area (Å²) in [6, 6.07) is 10.7. The first-order chi connectivity index (χ1) is 16.4. The second-order valence-corrected chi connectivity index (χ2v) is 9.82. The molecule has 0 saturated carbocycles. The molecule has 1 aliphatic heterocycles. The quantitative estimate of drug-likeness (QED) is 0.407. The highest BCUT2D eigenvalue weighted by atomic mass is 32.2. The van der Waals surface area contributed by atoms with Crippen LogP contribution in [0.25, 0.3) is 11.1 Å². The van der Waals surface area contributed by atoms with Gasteiger partial charge in [-0.3, -0.25) is 4.57 Å². The summed E-state index contributed by atoms with van der Waals surface area (Å²) in [5.41, 5.74) is 1.03. The van der Waals surface area contributed by atoms with Gasteiger partial charge in [-0.1, -0.05) is 24.2 Å². The average Bonchev–Trinajstić information content (AvgIpc) is 3.43. The molecule has 0 atom stereocenters. The molecular formula is C22H22FN5O5S. The molecule has 2 aromatic heterocycles. The predicted octanol–water partition coefficient (Wildman–Crippen LogP) is 2.24. The Morgan fingerprint density at radius 1 is 1.09 bits per heavy atom. The number of piperazine rings is 1. The second kappa shape index (κ2) is 8.69. The number of fused-ring (bicyclic) bond motifs is 1. The van der Waals surface area contributed by atoms with Gasteiger partial charge < -0.3 is 13.8 Å². The van der Waals surface area contributed by atoms with E-state index in [-0.39, 0.29) is 35.9 Å². The highest BCUT2D eigenvalue weighted by Crippen LogP contribution is 2.25. The second-order valence-electron chi connectivity index (χ2n) is 7.88. The van der Waals surface area contributed by atoms with Crippen molar-refractivity contribution in [3.8, 4) is 0 Å². The summed E-state index contributed by atoms with van der Waals surface area (Å²) in [5.74, 6) is -0.202. The van der Waals surface area contributed by atoms with Gasteiger partial charge in [-0.25, -0.2) is 17.6 Å². The molecule has 0 aliphatic carbocycles. The number of halogens is 1. The van der Waals surface area contributed by atoms with Crippen molar-refractivity contribution in [3.63, 3.8) is 0 Å². The standard InChI is InChI=1S/C22H22FN5O5S/c1-2-21-24-20(25-33-21)14-28-18-8-7-15(13-19(18)32-22(28)29)34(30,31)27-11-9-26(10-12-27)17-6-4-3-5-16(17)23/h3-8,13H,2,9-12,14H2,1H3. The number of para-hydroxylation sites is 1. The Hall–Kier alpha value is -3.51. The molecule has 10 nitrogen and oxygen atoms in total. The summed E-state index contributed by atoms with van der Waals surface area (Å²) < 4.78 is 53.6. The monoisotopic (exact) mass is 487 g/mol. The Balaban J connectivity index is 1.36. The molecule has 34 heavy (non-hydrogen) atoms. The minimum absolute atomic E-state index is 0.0214. The van der Waals surface area contributed by atoms with Gasteiger partial charge >= 0.3 is 5.76 Å². The molecule has 1 aliphatic rings. The van der Waals surface area contributed by atoms with E-state index < -0.39 is 15.8 Å². The number of oxazole rings is 1. The molecule has 4 aromatic rings. The van der Waals surface area contributed by atoms with Crippen molar-refractivity contribution in [2.45, 2.75) is 24.8 Å². The fourth-order valence-corrected chi connectivity index (χ4v) is 5.46. The number of hydrogen-bond acceptors (Lipinski definition) is 8. The Bertz CT molecular complexity index is 1500. The van der Waals surface area contributed by atoms with Crippen molar-refractivity contribution >= 4 is 26.8 Å². The molecule has 0 spiro atoms. The van der Waals surface area contributed by atoms with Crippen molar-refractivity contribution in [3.05, 3.63) is 70.5 Å². The fourth-order valence-electron chi connectivity index (χ4n) is 4.02. The van der Waals surface area contributed by atoms with Crippen LogP contribution in [0.4, 0.5) is 10.1 Å². The maximum atomic E-state index is 14.1. The van der Waals surface area contributed by atoms with Crippen LogP contribution >= 0.6 is 0 Å². The zero-order valence-corrected chi connectivity index (χ0v) is 19.2. The van der Waals surface area contributed by atoms with Gasteiger partial charge in [-0.05, 0) is 24.3 Å². The maximum absolute atomic E-state index is 14.1. The molecule has 0 N–H and O–H groups in total. The lowest BCUT2D eigenvalue weighted by atomic mass is 10.2. The van der Waals surface area contributed by atoms with Crippen LogP contribution in [0.3, 0.4) is 0 Å². The van der Waals surface area contributed by atoms with E-state index in [9.17, 15) is 17.6 Å². The normalized spacial score (nSPS) is 15.3. The van der Waals surface area contributed by atoms with E-state index in [2.05, 4.69) is 10.1 Å². The van der Waals surface area contributed by atoms with Gasteiger partial charge in [0.15, 0.2) is 11.4 Å². The largest absolute Gasteiger partial charge is 0.420 e. The highest BCUT2D eigenvalue weighted by molar-refractivity contribution is 7.89. The van der Waals surface area contributed by atoms with Crippen LogP contribution < -0.4 is 10.7 Å². The van der Waals surface area contributed by atoms with E-state index in [1.54, 1.807) is 18.2 Å². The lowest BCUT2D eigenvalue weighted by molar-refractivity contribution is 0.375. The molecular weight excluding hydrogens is 465 g/mol. The number of aryl methyl sites for hydroxylation is 1. The minimum atomic E-state index is -3.83. The maximum Gasteiger partial charge on any atom is 0.420 e. The zero-order valence-electron chi connectivity index (χ0n) is 18.3. The number of anilines is 1. The van der Waals surface area contributed by atoms with Crippen LogP contribution in [0.15, 0.2) is 61.1 Å². The SMILES string of the molecule is CCc1nc(Cn2c(=O)oc3cc(S(=O)(=O)N4CCN(c5ccccc5F)CC4)ccc32)no1. The molecule has 3 heterocycles. The van der Waals surface area contributed by atoms with Gasteiger partial charge in [0, 0.05) is 38.7 Å². The smallest absolute Gasteiger partial charge is 0.408 e. The molecule has 0 amide bonds. The average molecular weight is 488 g/mol. The van der Waals surface area contributed by atoms with Crippen molar-refractivity contribution in [1.29, 1.82) is 0 Å². The summed E-state index contributed by atoms with van der Waals surface area (Å²) in [5, 5.41) is 3.84. The molecule has 1 fully saturated rings. The van der Waals surface area contributed by atoms with Crippen LogP contribution in [0.1, 0.15) is 18.6 Å². The first-order valence-corrected chi connectivity index (χ1v) is 12.3. The Kier molecular flexibility index (Phi) is 5.70. The Labute approximate surface area is 194 Å². The van der Waals surface area contributed by atoms with Crippen molar-refractivity contribution in [2.24, 2.45) is 0 Å². The van der Waals surface area contributed by atoms with E-state index in [0.29, 0.717) is 42.4 Å². The first-order valence-electron chi connectivity index (χ1n) is 10.8. The van der Waals surface area contributed by atoms with Crippen LogP contribution in [-0.4, -0.2) is 53.6 Å². The van der Waals surface area contributed by atoms with Crippen molar-refractivity contribution < 1.29 is 21.7 Å². The van der Waals surface area contributed by atoms with Crippen LogP contribution in [0.5, 0.6) is 0 Å². The molecule has 12 heteroatoms. The van der Waals surface area contributed by atoms with Gasteiger partial charge in [0.2, 0.25) is 15.9 Å². The predicted molar refractivity (Wildman–Crippen MR) is 121 cm³/mol. The molecule has 0 unspecified atom stereocenters. The summed E-state index contributed by atoms with van der Waals surface area (Å²) in [7, 11) is -3.83. The minimum Gasteiger partial charge on any atom is -0.408 e. The van der Waals surface area contributed by atoms with Gasteiger partial charge in [-0.15, -0.1) is 0 Å². The molecule has 5 rings (SSSR count). The summed E-state index contributed by atoms with van der Waals surface area (Å²) in [6.45, 7) is 3.04. The van der Waals surface area contributed by atoms with E-state index >= 15 is 0 Å². The first kappa shape index (κ1) is 22.3. The fraction of sp³-hybridized carbons (Fsp3) is 0.318. The number of rotatable bonds is 6. The third kappa shape index (κ3) is 3.99. The molecule has 2 aromatic carbocycles. The van der Waals surface area contributed by atoms with Gasteiger partial charge in [0.25, 0.3) is 0 Å². The van der Waals surface area contributed by atoms with Crippen molar-refractivity contribution in [2.75, 3.05) is 31.1 Å². The van der Waals surface area contributed by atoms with E-state index in [1.807, 2.05) is 11.8 Å². The van der Waals surface area contributed by atoms with Gasteiger partial charge in [-0.2, -0.15) is 9.29 Å². The lowest BCUT2D eigenvalue weighted by Gasteiger charge is -2.35. The van der Waals surface area contributed by atoms with Gasteiger partial charge in [0.05, 0.1) is 22.6 Å². The summed E-state index contributed by atoms with van der Waals surface area (Å²) in [6.07, 6.45) is 0.573. The number of sulfonamides is 1.